The lowest BCUT2D eigenvalue weighted by Gasteiger charge is -2.16. The fraction of sp³-hybridized carbons (Fsp3) is 0.643. The smallest absolute Gasteiger partial charge is 0.127 e. The molecule has 0 aliphatic carbocycles. The van der Waals surface area contributed by atoms with Crippen molar-refractivity contribution in [1.82, 2.24) is 15.2 Å². The third-order valence-electron chi connectivity index (χ3n) is 3.31. The molecule has 0 bridgehead atoms. The summed E-state index contributed by atoms with van der Waals surface area (Å²) in [4.78, 5) is 6.78. The van der Waals surface area contributed by atoms with Crippen LogP contribution in [0.5, 0.6) is 5.75 Å². The molecule has 2 rings (SSSR count). The van der Waals surface area contributed by atoms with E-state index in [-0.39, 0.29) is 0 Å². The predicted octanol–water partition coefficient (Wildman–Crippen LogP) is 1.58. The van der Waals surface area contributed by atoms with Crippen molar-refractivity contribution >= 4 is 0 Å². The zero-order valence-electron chi connectivity index (χ0n) is 11.4. The lowest BCUT2D eigenvalue weighted by molar-refractivity contribution is 0.236. The Morgan fingerprint density at radius 1 is 1.39 bits per heavy atom. The van der Waals surface area contributed by atoms with Crippen molar-refractivity contribution < 1.29 is 4.74 Å². The largest absolute Gasteiger partial charge is 0.492 e. The van der Waals surface area contributed by atoms with Gasteiger partial charge in [-0.25, -0.2) is 0 Å². The van der Waals surface area contributed by atoms with Crippen LogP contribution in [0.4, 0.5) is 0 Å². The van der Waals surface area contributed by atoms with Gasteiger partial charge in [-0.05, 0) is 39.9 Å². The first-order valence-electron chi connectivity index (χ1n) is 6.75. The summed E-state index contributed by atoms with van der Waals surface area (Å²) in [6, 6.07) is 2.02. The van der Waals surface area contributed by atoms with Crippen molar-refractivity contribution in [2.45, 2.75) is 26.3 Å². The zero-order chi connectivity index (χ0) is 12.8. The van der Waals surface area contributed by atoms with Crippen LogP contribution in [0.2, 0.25) is 0 Å². The highest BCUT2D eigenvalue weighted by Gasteiger charge is 2.11. The van der Waals surface area contributed by atoms with E-state index in [0.717, 1.165) is 36.7 Å². The summed E-state index contributed by atoms with van der Waals surface area (Å²) in [6.45, 7) is 7.04. The number of pyridine rings is 1. The monoisotopic (exact) mass is 249 g/mol. The molecule has 0 saturated carbocycles. The third kappa shape index (κ3) is 3.68. The van der Waals surface area contributed by atoms with Crippen LogP contribution < -0.4 is 10.1 Å². The van der Waals surface area contributed by atoms with E-state index in [4.69, 9.17) is 4.74 Å². The first kappa shape index (κ1) is 13.3. The summed E-state index contributed by atoms with van der Waals surface area (Å²) >= 11 is 0. The maximum atomic E-state index is 5.91. The van der Waals surface area contributed by atoms with E-state index in [9.17, 15) is 0 Å². The van der Waals surface area contributed by atoms with Crippen molar-refractivity contribution in [3.8, 4) is 5.75 Å². The Labute approximate surface area is 109 Å². The molecule has 0 aromatic carbocycles. The first-order valence-corrected chi connectivity index (χ1v) is 6.75. The molecule has 18 heavy (non-hydrogen) atoms. The Morgan fingerprint density at radius 2 is 2.17 bits per heavy atom. The van der Waals surface area contributed by atoms with E-state index in [1.807, 2.05) is 26.2 Å². The molecule has 1 aliphatic rings. The zero-order valence-corrected chi connectivity index (χ0v) is 11.4. The fourth-order valence-electron chi connectivity index (χ4n) is 2.31. The molecule has 1 fully saturated rings. The molecule has 100 valence electrons. The molecule has 2 heterocycles. The van der Waals surface area contributed by atoms with E-state index < -0.39 is 0 Å². The molecule has 0 amide bonds. The minimum atomic E-state index is 0.764. The minimum absolute atomic E-state index is 0.764. The highest BCUT2D eigenvalue weighted by Crippen LogP contribution is 2.18. The molecular formula is C14H23N3O. The second-order valence-electron chi connectivity index (χ2n) is 4.86. The van der Waals surface area contributed by atoms with Crippen molar-refractivity contribution in [2.24, 2.45) is 0 Å². The van der Waals surface area contributed by atoms with E-state index >= 15 is 0 Å². The van der Waals surface area contributed by atoms with Gasteiger partial charge in [0, 0.05) is 36.6 Å². The molecule has 1 N–H and O–H groups in total. The average Bonchev–Trinajstić information content (AvgIpc) is 2.86. The van der Waals surface area contributed by atoms with E-state index in [0.29, 0.717) is 0 Å². The van der Waals surface area contributed by atoms with Crippen LogP contribution in [0.3, 0.4) is 0 Å². The van der Waals surface area contributed by atoms with Gasteiger partial charge in [-0.1, -0.05) is 0 Å². The number of aromatic nitrogens is 1. The van der Waals surface area contributed by atoms with Crippen LogP contribution in [0, 0.1) is 6.92 Å². The number of nitrogens with one attached hydrogen (secondary N) is 1. The van der Waals surface area contributed by atoms with Crippen LogP contribution in [0.15, 0.2) is 12.3 Å². The van der Waals surface area contributed by atoms with Crippen molar-refractivity contribution in [2.75, 3.05) is 33.3 Å². The highest BCUT2D eigenvalue weighted by atomic mass is 16.5. The maximum Gasteiger partial charge on any atom is 0.127 e. The second-order valence-corrected chi connectivity index (χ2v) is 4.86. The van der Waals surface area contributed by atoms with E-state index in [1.165, 1.54) is 25.9 Å². The number of hydrogen-bond acceptors (Lipinski definition) is 4. The van der Waals surface area contributed by atoms with Gasteiger partial charge in [-0.2, -0.15) is 0 Å². The van der Waals surface area contributed by atoms with Crippen LogP contribution in [-0.2, 0) is 6.54 Å². The molecule has 0 radical (unpaired) electrons. The van der Waals surface area contributed by atoms with Gasteiger partial charge < -0.3 is 10.1 Å². The number of nitrogens with zero attached hydrogens (tertiary/aromatic N) is 2. The van der Waals surface area contributed by atoms with Crippen molar-refractivity contribution in [1.29, 1.82) is 0 Å². The fourth-order valence-corrected chi connectivity index (χ4v) is 2.31. The first-order chi connectivity index (χ1) is 8.79. The van der Waals surface area contributed by atoms with Gasteiger partial charge in [0.05, 0.1) is 0 Å². The minimum Gasteiger partial charge on any atom is -0.492 e. The molecule has 1 saturated heterocycles. The van der Waals surface area contributed by atoms with Crippen LogP contribution >= 0.6 is 0 Å². The number of likely N-dealkylation sites (tertiary alicyclic amines) is 1. The summed E-state index contributed by atoms with van der Waals surface area (Å²) in [6.07, 6.45) is 4.57. The van der Waals surface area contributed by atoms with Gasteiger partial charge in [-0.3, -0.25) is 9.88 Å². The summed E-state index contributed by atoms with van der Waals surface area (Å²) < 4.78 is 5.91. The molecule has 0 atom stereocenters. The van der Waals surface area contributed by atoms with Gasteiger partial charge in [0.2, 0.25) is 0 Å². The third-order valence-corrected chi connectivity index (χ3v) is 3.31. The Morgan fingerprint density at radius 3 is 2.89 bits per heavy atom. The van der Waals surface area contributed by atoms with Crippen molar-refractivity contribution in [3.63, 3.8) is 0 Å². The molecular weight excluding hydrogens is 226 g/mol. The normalized spacial score (nSPS) is 16.1. The molecule has 1 aromatic rings. The number of aryl methyl sites for hydroxylation is 1. The van der Waals surface area contributed by atoms with E-state index in [2.05, 4.69) is 15.2 Å². The summed E-state index contributed by atoms with van der Waals surface area (Å²) in [5.74, 6) is 0.969. The van der Waals surface area contributed by atoms with Gasteiger partial charge in [0.1, 0.15) is 12.4 Å². The molecule has 4 nitrogen and oxygen atoms in total. The summed E-state index contributed by atoms with van der Waals surface area (Å²) in [5.41, 5.74) is 2.13. The molecule has 0 spiro atoms. The highest BCUT2D eigenvalue weighted by molar-refractivity contribution is 5.32. The van der Waals surface area contributed by atoms with Gasteiger partial charge >= 0.3 is 0 Å². The van der Waals surface area contributed by atoms with Gasteiger partial charge in [0.25, 0.3) is 0 Å². The summed E-state index contributed by atoms with van der Waals surface area (Å²) in [5, 5.41) is 3.14. The van der Waals surface area contributed by atoms with Crippen LogP contribution in [0.1, 0.15) is 24.1 Å². The molecule has 4 heteroatoms. The lowest BCUT2D eigenvalue weighted by atomic mass is 10.2. The summed E-state index contributed by atoms with van der Waals surface area (Å²) in [7, 11) is 1.94. The number of hydrogen-bond donors (Lipinski definition) is 1. The maximum absolute atomic E-state index is 5.91. The molecule has 1 aromatic heterocycles. The quantitative estimate of drug-likeness (QED) is 0.830. The SMILES string of the molecule is CNCc1cnc(C)cc1OCCN1CCCC1. The Kier molecular flexibility index (Phi) is 4.96. The Balaban J connectivity index is 1.88. The van der Waals surface area contributed by atoms with Crippen molar-refractivity contribution in [3.05, 3.63) is 23.5 Å². The van der Waals surface area contributed by atoms with Gasteiger partial charge in [-0.15, -0.1) is 0 Å². The van der Waals surface area contributed by atoms with E-state index in [1.54, 1.807) is 0 Å². The topological polar surface area (TPSA) is 37.4 Å². The van der Waals surface area contributed by atoms with Crippen LogP contribution in [0.25, 0.3) is 0 Å². The predicted molar refractivity (Wildman–Crippen MR) is 72.9 cm³/mol. The average molecular weight is 249 g/mol. The molecule has 0 unspecified atom stereocenters. The number of ether oxygens (including phenoxy) is 1. The Hall–Kier alpha value is -1.13. The van der Waals surface area contributed by atoms with Gasteiger partial charge in [0.15, 0.2) is 0 Å². The lowest BCUT2D eigenvalue weighted by Crippen LogP contribution is -2.25. The Bertz CT molecular complexity index is 375. The van der Waals surface area contributed by atoms with Crippen LogP contribution in [-0.4, -0.2) is 43.2 Å². The number of rotatable bonds is 6. The molecule has 1 aliphatic heterocycles. The standard InChI is InChI=1S/C14H23N3O/c1-12-9-14(13(10-15-2)11-16-12)18-8-7-17-5-3-4-6-17/h9,11,15H,3-8,10H2,1-2H3. The second kappa shape index (κ2) is 6.71.